The molecule has 5 heteroatoms. The van der Waals surface area contributed by atoms with Crippen LogP contribution < -0.4 is 0 Å². The molecule has 2 aromatic rings. The van der Waals surface area contributed by atoms with Crippen molar-refractivity contribution in [1.29, 1.82) is 0 Å². The standard InChI is InChI=1S/C13H14N2O2S/c1-2-15-8-10(7-14-15)9-18-12-6-4-3-5-11(12)13(16)17/h3-8H,2,9H2,1H3,(H,16,17). The number of carboxylic acid groups (broad SMARTS) is 1. The lowest BCUT2D eigenvalue weighted by Gasteiger charge is -2.04. The molecule has 18 heavy (non-hydrogen) atoms. The molecule has 4 nitrogen and oxygen atoms in total. The van der Waals surface area contributed by atoms with Crippen LogP contribution >= 0.6 is 11.8 Å². The van der Waals surface area contributed by atoms with Crippen LogP contribution in [-0.4, -0.2) is 20.9 Å². The van der Waals surface area contributed by atoms with Crippen LogP contribution in [0.5, 0.6) is 0 Å². The largest absolute Gasteiger partial charge is 0.478 e. The van der Waals surface area contributed by atoms with Gasteiger partial charge in [-0.05, 0) is 19.1 Å². The van der Waals surface area contributed by atoms with Gasteiger partial charge in [0.1, 0.15) is 0 Å². The fraction of sp³-hybridized carbons (Fsp3) is 0.231. The summed E-state index contributed by atoms with van der Waals surface area (Å²) in [6, 6.07) is 7.05. The first kappa shape index (κ1) is 12.7. The van der Waals surface area contributed by atoms with E-state index >= 15 is 0 Å². The summed E-state index contributed by atoms with van der Waals surface area (Å²) in [5.74, 6) is -0.160. The van der Waals surface area contributed by atoms with Crippen LogP contribution in [0.4, 0.5) is 0 Å². The number of rotatable bonds is 5. The normalized spacial score (nSPS) is 10.5. The molecule has 2 rings (SSSR count). The third kappa shape index (κ3) is 2.92. The van der Waals surface area contributed by atoms with Gasteiger partial charge in [0, 0.05) is 29.0 Å². The molecule has 0 radical (unpaired) electrons. The van der Waals surface area contributed by atoms with Gasteiger partial charge in [0.25, 0.3) is 0 Å². The van der Waals surface area contributed by atoms with Gasteiger partial charge in [0.2, 0.25) is 0 Å². The number of aromatic nitrogens is 2. The van der Waals surface area contributed by atoms with Crippen molar-refractivity contribution in [1.82, 2.24) is 9.78 Å². The zero-order chi connectivity index (χ0) is 13.0. The van der Waals surface area contributed by atoms with E-state index in [1.807, 2.05) is 36.1 Å². The molecule has 1 N–H and O–H groups in total. The van der Waals surface area contributed by atoms with Gasteiger partial charge in [-0.15, -0.1) is 11.8 Å². The molecule has 0 fully saturated rings. The van der Waals surface area contributed by atoms with Crippen LogP contribution in [0.1, 0.15) is 22.8 Å². The summed E-state index contributed by atoms with van der Waals surface area (Å²) in [6.07, 6.45) is 3.80. The average Bonchev–Trinajstić information content (AvgIpc) is 2.84. The van der Waals surface area contributed by atoms with Gasteiger partial charge >= 0.3 is 5.97 Å². The van der Waals surface area contributed by atoms with Gasteiger partial charge in [0.05, 0.1) is 11.8 Å². The maximum Gasteiger partial charge on any atom is 0.336 e. The van der Waals surface area contributed by atoms with Crippen LogP contribution in [0.15, 0.2) is 41.6 Å². The Morgan fingerprint density at radius 2 is 2.22 bits per heavy atom. The Morgan fingerprint density at radius 1 is 1.44 bits per heavy atom. The van der Waals surface area contributed by atoms with Crippen molar-refractivity contribution >= 4 is 17.7 Å². The van der Waals surface area contributed by atoms with Crippen molar-refractivity contribution in [3.63, 3.8) is 0 Å². The van der Waals surface area contributed by atoms with Crippen molar-refractivity contribution in [3.05, 3.63) is 47.8 Å². The highest BCUT2D eigenvalue weighted by Crippen LogP contribution is 2.26. The number of thioether (sulfide) groups is 1. The second-order valence-electron chi connectivity index (χ2n) is 3.79. The van der Waals surface area contributed by atoms with E-state index in [1.165, 1.54) is 11.8 Å². The van der Waals surface area contributed by atoms with E-state index in [9.17, 15) is 4.79 Å². The van der Waals surface area contributed by atoms with Crippen molar-refractivity contribution in [3.8, 4) is 0 Å². The van der Waals surface area contributed by atoms with E-state index in [2.05, 4.69) is 5.10 Å². The zero-order valence-corrected chi connectivity index (χ0v) is 10.9. The SMILES string of the molecule is CCn1cc(CSc2ccccc2C(=O)O)cn1. The topological polar surface area (TPSA) is 55.1 Å². The Kier molecular flexibility index (Phi) is 4.04. The summed E-state index contributed by atoms with van der Waals surface area (Å²) < 4.78 is 1.86. The quantitative estimate of drug-likeness (QED) is 0.842. The van der Waals surface area contributed by atoms with Crippen molar-refractivity contribution < 1.29 is 9.90 Å². The van der Waals surface area contributed by atoms with Gasteiger partial charge < -0.3 is 5.11 Å². The predicted octanol–water partition coefficient (Wildman–Crippen LogP) is 2.89. The molecule has 0 spiro atoms. The summed E-state index contributed by atoms with van der Waals surface area (Å²) in [5.41, 5.74) is 1.45. The third-order valence-corrected chi connectivity index (χ3v) is 3.67. The molecule has 0 amide bonds. The maximum absolute atomic E-state index is 11.1. The molecule has 94 valence electrons. The van der Waals surface area contributed by atoms with E-state index in [4.69, 9.17) is 5.11 Å². The first-order valence-corrected chi connectivity index (χ1v) is 6.65. The molecule has 0 atom stereocenters. The molecule has 0 aliphatic heterocycles. The van der Waals surface area contributed by atoms with E-state index in [-0.39, 0.29) is 0 Å². The summed E-state index contributed by atoms with van der Waals surface area (Å²) in [6.45, 7) is 2.88. The summed E-state index contributed by atoms with van der Waals surface area (Å²) in [5, 5.41) is 13.3. The molecule has 1 aromatic heterocycles. The molecule has 1 heterocycles. The monoisotopic (exact) mass is 262 g/mol. The highest BCUT2D eigenvalue weighted by atomic mass is 32.2. The number of aryl methyl sites for hydroxylation is 1. The minimum Gasteiger partial charge on any atom is -0.478 e. The van der Waals surface area contributed by atoms with E-state index < -0.39 is 5.97 Å². The second-order valence-corrected chi connectivity index (χ2v) is 4.81. The van der Waals surface area contributed by atoms with Gasteiger partial charge in [0.15, 0.2) is 0 Å². The first-order chi connectivity index (χ1) is 8.70. The molecule has 0 saturated carbocycles. The van der Waals surface area contributed by atoms with Gasteiger partial charge in [-0.25, -0.2) is 4.79 Å². The number of hydrogen-bond donors (Lipinski definition) is 1. The van der Waals surface area contributed by atoms with Crippen LogP contribution in [0.25, 0.3) is 0 Å². The molecule has 1 aromatic carbocycles. The molecular weight excluding hydrogens is 248 g/mol. The molecule has 0 unspecified atom stereocenters. The van der Waals surface area contributed by atoms with Crippen LogP contribution in [0.3, 0.4) is 0 Å². The molecule has 0 aliphatic carbocycles. The number of aromatic carboxylic acids is 1. The molecular formula is C13H14N2O2S. The summed E-state index contributed by atoms with van der Waals surface area (Å²) >= 11 is 1.52. The highest BCUT2D eigenvalue weighted by molar-refractivity contribution is 7.98. The number of carboxylic acids is 1. The molecule has 0 aliphatic rings. The lowest BCUT2D eigenvalue weighted by molar-refractivity contribution is 0.0693. The Bertz CT molecular complexity index is 551. The van der Waals surface area contributed by atoms with Gasteiger partial charge in [-0.3, -0.25) is 4.68 Å². The minimum atomic E-state index is -0.887. The van der Waals surface area contributed by atoms with Crippen molar-refractivity contribution in [2.75, 3.05) is 0 Å². The van der Waals surface area contributed by atoms with E-state index in [0.29, 0.717) is 5.56 Å². The Morgan fingerprint density at radius 3 is 2.89 bits per heavy atom. The fourth-order valence-electron chi connectivity index (χ4n) is 1.58. The Labute approximate surface area is 110 Å². The number of benzene rings is 1. The van der Waals surface area contributed by atoms with Crippen LogP contribution in [-0.2, 0) is 12.3 Å². The lowest BCUT2D eigenvalue weighted by Crippen LogP contribution is -1.98. The van der Waals surface area contributed by atoms with Crippen molar-refractivity contribution in [2.24, 2.45) is 0 Å². The first-order valence-electron chi connectivity index (χ1n) is 5.67. The Hall–Kier alpha value is -1.75. The zero-order valence-electron chi connectivity index (χ0n) is 10.0. The number of hydrogen-bond acceptors (Lipinski definition) is 3. The van der Waals surface area contributed by atoms with Gasteiger partial charge in [-0.1, -0.05) is 12.1 Å². The molecule has 0 bridgehead atoms. The number of nitrogens with zero attached hydrogens (tertiary/aromatic N) is 2. The van der Waals surface area contributed by atoms with Crippen molar-refractivity contribution in [2.45, 2.75) is 24.1 Å². The predicted molar refractivity (Wildman–Crippen MR) is 70.9 cm³/mol. The Balaban J connectivity index is 2.08. The highest BCUT2D eigenvalue weighted by Gasteiger charge is 2.09. The smallest absolute Gasteiger partial charge is 0.336 e. The van der Waals surface area contributed by atoms with Crippen LogP contribution in [0.2, 0.25) is 0 Å². The van der Waals surface area contributed by atoms with Crippen LogP contribution in [0, 0.1) is 0 Å². The fourth-order valence-corrected chi connectivity index (χ4v) is 2.54. The minimum absolute atomic E-state index is 0.352. The third-order valence-electron chi connectivity index (χ3n) is 2.52. The summed E-state index contributed by atoms with van der Waals surface area (Å²) in [4.78, 5) is 11.8. The van der Waals surface area contributed by atoms with Gasteiger partial charge in [-0.2, -0.15) is 5.10 Å². The van der Waals surface area contributed by atoms with E-state index in [0.717, 1.165) is 22.8 Å². The lowest BCUT2D eigenvalue weighted by atomic mass is 10.2. The number of carbonyl (C=O) groups is 1. The maximum atomic E-state index is 11.1. The average molecular weight is 262 g/mol. The second kappa shape index (κ2) is 5.73. The van der Waals surface area contributed by atoms with E-state index in [1.54, 1.807) is 12.1 Å². The summed E-state index contributed by atoms with van der Waals surface area (Å²) in [7, 11) is 0. The molecule has 0 saturated heterocycles.